The molecule has 8 nitrogen and oxygen atoms in total. The van der Waals surface area contributed by atoms with Crippen LogP contribution in [-0.4, -0.2) is 59.5 Å². The number of hydrogen-bond acceptors (Lipinski definition) is 7. The molecule has 14 heavy (non-hydrogen) atoms. The Morgan fingerprint density at radius 2 is 1.86 bits per heavy atom. The number of rotatable bonds is 6. The van der Waals surface area contributed by atoms with Crippen LogP contribution in [0.1, 0.15) is 0 Å². The van der Waals surface area contributed by atoms with Gasteiger partial charge in [0, 0.05) is 0 Å². The maximum Gasteiger partial charge on any atom is 0.398 e. The van der Waals surface area contributed by atoms with Gasteiger partial charge in [0.1, 0.15) is 12.2 Å². The van der Waals surface area contributed by atoms with Crippen molar-refractivity contribution in [1.82, 2.24) is 0 Å². The number of carbonyl (C=O) groups excluding carboxylic acids is 1. The molecule has 0 aliphatic heterocycles. The lowest BCUT2D eigenvalue weighted by Gasteiger charge is -2.19. The summed E-state index contributed by atoms with van der Waals surface area (Å²) in [5.74, 6) is 0. The third kappa shape index (κ3) is 4.60. The van der Waals surface area contributed by atoms with Crippen LogP contribution >= 0.6 is 0 Å². The standard InChI is InChI=1S/C5H10O8S/c6-1-3(8)5(9)4(2-7)13-14(10,11)12/h2-6,8-9H,1H2,(H,10,11,12)/t3-,4-,5-/m1/s1. The minimum absolute atomic E-state index is 0.128. The number of aliphatic hydroxyl groups excluding tert-OH is 3. The lowest BCUT2D eigenvalue weighted by Crippen LogP contribution is -2.42. The van der Waals surface area contributed by atoms with E-state index < -0.39 is 35.3 Å². The molecule has 84 valence electrons. The highest BCUT2D eigenvalue weighted by atomic mass is 32.3. The molecule has 0 saturated heterocycles. The van der Waals surface area contributed by atoms with Crippen LogP contribution in [0, 0.1) is 0 Å². The first-order chi connectivity index (χ1) is 6.31. The summed E-state index contributed by atoms with van der Waals surface area (Å²) in [6.45, 7) is -0.889. The fourth-order valence-corrected chi connectivity index (χ4v) is 1.07. The van der Waals surface area contributed by atoms with E-state index in [9.17, 15) is 13.2 Å². The topological polar surface area (TPSA) is 141 Å². The Labute approximate surface area is 79.7 Å². The smallest absolute Gasteiger partial charge is 0.394 e. The highest BCUT2D eigenvalue weighted by Crippen LogP contribution is 2.05. The van der Waals surface area contributed by atoms with Gasteiger partial charge >= 0.3 is 10.4 Å². The summed E-state index contributed by atoms with van der Waals surface area (Å²) in [5.41, 5.74) is 0. The maximum absolute atomic E-state index is 10.2. The van der Waals surface area contributed by atoms with E-state index in [1.165, 1.54) is 0 Å². The van der Waals surface area contributed by atoms with Gasteiger partial charge in [-0.05, 0) is 0 Å². The first kappa shape index (κ1) is 13.4. The van der Waals surface area contributed by atoms with Crippen LogP contribution in [-0.2, 0) is 19.4 Å². The number of hydrogen-bond donors (Lipinski definition) is 4. The Morgan fingerprint density at radius 3 is 2.14 bits per heavy atom. The molecule has 0 radical (unpaired) electrons. The zero-order valence-electron chi connectivity index (χ0n) is 6.85. The Kier molecular flexibility index (Phi) is 5.12. The van der Waals surface area contributed by atoms with E-state index in [0.29, 0.717) is 0 Å². The molecule has 0 aromatic carbocycles. The third-order valence-electron chi connectivity index (χ3n) is 1.28. The molecule has 0 fully saturated rings. The molecular formula is C5H10O8S. The van der Waals surface area contributed by atoms with Crippen molar-refractivity contribution in [2.45, 2.75) is 18.3 Å². The zero-order valence-corrected chi connectivity index (χ0v) is 7.66. The van der Waals surface area contributed by atoms with Gasteiger partial charge in [-0.3, -0.25) is 4.55 Å². The molecule has 0 rings (SSSR count). The van der Waals surface area contributed by atoms with Gasteiger partial charge < -0.3 is 20.1 Å². The van der Waals surface area contributed by atoms with Crippen LogP contribution in [0.15, 0.2) is 0 Å². The van der Waals surface area contributed by atoms with Gasteiger partial charge in [-0.1, -0.05) is 0 Å². The summed E-state index contributed by atoms with van der Waals surface area (Å²) < 4.78 is 32.1. The van der Waals surface area contributed by atoms with Crippen LogP contribution in [0.3, 0.4) is 0 Å². The normalized spacial score (nSPS) is 18.6. The van der Waals surface area contributed by atoms with Crippen molar-refractivity contribution in [3.05, 3.63) is 0 Å². The molecule has 0 bridgehead atoms. The Morgan fingerprint density at radius 1 is 1.36 bits per heavy atom. The largest absolute Gasteiger partial charge is 0.398 e. The van der Waals surface area contributed by atoms with Crippen molar-refractivity contribution in [2.75, 3.05) is 6.61 Å². The van der Waals surface area contributed by atoms with Gasteiger partial charge in [-0.2, -0.15) is 8.42 Å². The van der Waals surface area contributed by atoms with E-state index in [0.717, 1.165) is 0 Å². The first-order valence-electron chi connectivity index (χ1n) is 3.39. The second-order valence-electron chi connectivity index (χ2n) is 2.37. The minimum Gasteiger partial charge on any atom is -0.394 e. The Bertz CT molecular complexity index is 271. The van der Waals surface area contributed by atoms with Crippen molar-refractivity contribution in [3.63, 3.8) is 0 Å². The van der Waals surface area contributed by atoms with Crippen LogP contribution in [0.25, 0.3) is 0 Å². The average Bonchev–Trinajstić information content (AvgIpc) is 2.10. The first-order valence-corrected chi connectivity index (χ1v) is 4.76. The molecule has 9 heteroatoms. The summed E-state index contributed by atoms with van der Waals surface area (Å²) >= 11 is 0. The molecule has 0 amide bonds. The molecule has 0 spiro atoms. The molecule has 0 aromatic heterocycles. The quantitative estimate of drug-likeness (QED) is 0.281. The van der Waals surface area contributed by atoms with E-state index in [2.05, 4.69) is 4.18 Å². The average molecular weight is 230 g/mol. The molecule has 0 aliphatic carbocycles. The second kappa shape index (κ2) is 5.34. The van der Waals surface area contributed by atoms with Gasteiger partial charge in [-0.25, -0.2) is 4.18 Å². The number of aldehydes is 1. The summed E-state index contributed by atoms with van der Waals surface area (Å²) in [5, 5.41) is 26.2. The summed E-state index contributed by atoms with van der Waals surface area (Å²) in [7, 11) is -4.91. The third-order valence-corrected chi connectivity index (χ3v) is 1.75. The van der Waals surface area contributed by atoms with Crippen molar-refractivity contribution in [3.8, 4) is 0 Å². The molecule has 3 atom stereocenters. The van der Waals surface area contributed by atoms with E-state index in [4.69, 9.17) is 19.9 Å². The SMILES string of the molecule is O=C[C@@H](OS(=O)(=O)O)[C@H](O)[C@H](O)CO. The highest BCUT2D eigenvalue weighted by molar-refractivity contribution is 7.80. The molecule has 0 aliphatic rings. The minimum atomic E-state index is -4.91. The predicted molar refractivity (Wildman–Crippen MR) is 41.6 cm³/mol. The molecule has 0 heterocycles. The van der Waals surface area contributed by atoms with E-state index >= 15 is 0 Å². The van der Waals surface area contributed by atoms with Gasteiger partial charge in [0.25, 0.3) is 0 Å². The van der Waals surface area contributed by atoms with Gasteiger partial charge in [-0.15, -0.1) is 0 Å². The zero-order chi connectivity index (χ0) is 11.4. The molecule has 0 unspecified atom stereocenters. The predicted octanol–water partition coefficient (Wildman–Crippen LogP) is -2.91. The van der Waals surface area contributed by atoms with Crippen LogP contribution in [0.2, 0.25) is 0 Å². The monoisotopic (exact) mass is 230 g/mol. The lowest BCUT2D eigenvalue weighted by atomic mass is 10.1. The molecule has 4 N–H and O–H groups in total. The van der Waals surface area contributed by atoms with E-state index in [1.807, 2.05) is 0 Å². The fourth-order valence-electron chi connectivity index (χ4n) is 0.627. The Balaban J connectivity index is 4.49. The van der Waals surface area contributed by atoms with Gasteiger partial charge in [0.2, 0.25) is 0 Å². The Hall–Kier alpha value is -0.580. The van der Waals surface area contributed by atoms with E-state index in [1.54, 1.807) is 0 Å². The van der Waals surface area contributed by atoms with Crippen molar-refractivity contribution in [2.24, 2.45) is 0 Å². The van der Waals surface area contributed by atoms with Crippen molar-refractivity contribution < 1.29 is 37.3 Å². The lowest BCUT2D eigenvalue weighted by molar-refractivity contribution is -0.125. The van der Waals surface area contributed by atoms with Crippen LogP contribution in [0.5, 0.6) is 0 Å². The summed E-state index contributed by atoms with van der Waals surface area (Å²) in [6, 6.07) is 0. The van der Waals surface area contributed by atoms with Crippen LogP contribution in [0.4, 0.5) is 0 Å². The van der Waals surface area contributed by atoms with Crippen molar-refractivity contribution in [1.29, 1.82) is 0 Å². The van der Waals surface area contributed by atoms with Crippen molar-refractivity contribution >= 4 is 16.7 Å². The summed E-state index contributed by atoms with van der Waals surface area (Å²) in [4.78, 5) is 10.2. The van der Waals surface area contributed by atoms with Crippen LogP contribution < -0.4 is 0 Å². The molecule has 0 saturated carbocycles. The highest BCUT2D eigenvalue weighted by Gasteiger charge is 2.30. The maximum atomic E-state index is 10.2. The van der Waals surface area contributed by atoms with Gasteiger partial charge in [0.05, 0.1) is 6.61 Å². The number of carbonyl (C=O) groups is 1. The van der Waals surface area contributed by atoms with Gasteiger partial charge in [0.15, 0.2) is 12.4 Å². The fraction of sp³-hybridized carbons (Fsp3) is 0.800. The summed E-state index contributed by atoms with van der Waals surface area (Å²) in [6.07, 6.45) is -5.78. The molecular weight excluding hydrogens is 220 g/mol. The number of aliphatic hydroxyl groups is 3. The van der Waals surface area contributed by atoms with E-state index in [-0.39, 0.29) is 6.29 Å². The second-order valence-corrected chi connectivity index (χ2v) is 3.41. The molecule has 0 aromatic rings.